The van der Waals surface area contributed by atoms with Gasteiger partial charge in [-0.25, -0.2) is 4.98 Å². The Hall–Kier alpha value is -1.66. The molecule has 1 aliphatic rings. The fourth-order valence-corrected chi connectivity index (χ4v) is 2.12. The number of carbonyl (C=O) groups is 1. The Labute approximate surface area is 107 Å². The molecule has 1 aromatic heterocycles. The summed E-state index contributed by atoms with van der Waals surface area (Å²) in [5.41, 5.74) is -0.164. The third-order valence-corrected chi connectivity index (χ3v) is 3.11. The number of alkyl halides is 3. The minimum Gasteiger partial charge on any atom is -0.337 e. The zero-order valence-electron chi connectivity index (χ0n) is 9.95. The fourth-order valence-electron chi connectivity index (χ4n) is 2.12. The Morgan fingerprint density at radius 3 is 2.74 bits per heavy atom. The number of carbonyl (C=O) groups excluding carboxylic acids is 1. The van der Waals surface area contributed by atoms with Crippen molar-refractivity contribution in [1.82, 2.24) is 9.88 Å². The molecule has 104 valence electrons. The quantitative estimate of drug-likeness (QED) is 0.583. The van der Waals surface area contributed by atoms with Crippen molar-refractivity contribution >= 4 is 5.91 Å². The van der Waals surface area contributed by atoms with Gasteiger partial charge < -0.3 is 4.90 Å². The summed E-state index contributed by atoms with van der Waals surface area (Å²) in [5, 5.41) is 0. The Kier molecular flexibility index (Phi) is 3.73. The predicted molar refractivity (Wildman–Crippen MR) is 58.9 cm³/mol. The van der Waals surface area contributed by atoms with Gasteiger partial charge in [-0.05, 0) is 25.0 Å². The van der Waals surface area contributed by atoms with Crippen LogP contribution >= 0.6 is 0 Å². The molecule has 0 aliphatic carbocycles. The molecule has 2 rings (SSSR count). The van der Waals surface area contributed by atoms with Gasteiger partial charge >= 0.3 is 6.18 Å². The van der Waals surface area contributed by atoms with Crippen molar-refractivity contribution in [2.45, 2.75) is 19.0 Å². The second kappa shape index (κ2) is 5.14. The maximum atomic E-state index is 12.9. The van der Waals surface area contributed by atoms with Crippen LogP contribution in [0.25, 0.3) is 0 Å². The molecule has 0 radical (unpaired) electrons. The maximum absolute atomic E-state index is 12.9. The van der Waals surface area contributed by atoms with Crippen LogP contribution in [0, 0.1) is 11.9 Å². The SMILES string of the molecule is O=C(c1cccc(F)n1)N1CCC[C@H](C(F)(F)F)C1. The summed E-state index contributed by atoms with van der Waals surface area (Å²) in [5.74, 6) is -3.00. The zero-order valence-corrected chi connectivity index (χ0v) is 9.95. The first-order valence-electron chi connectivity index (χ1n) is 5.86. The molecule has 7 heteroatoms. The number of pyridine rings is 1. The average molecular weight is 276 g/mol. The Bertz CT molecular complexity index is 475. The van der Waals surface area contributed by atoms with Gasteiger partial charge in [0.15, 0.2) is 0 Å². The van der Waals surface area contributed by atoms with Crippen molar-refractivity contribution < 1.29 is 22.4 Å². The van der Waals surface area contributed by atoms with E-state index in [1.165, 1.54) is 12.1 Å². The summed E-state index contributed by atoms with van der Waals surface area (Å²) in [4.78, 5) is 16.4. The molecular weight excluding hydrogens is 264 g/mol. The smallest absolute Gasteiger partial charge is 0.337 e. The first kappa shape index (κ1) is 13.8. The number of halogens is 4. The van der Waals surface area contributed by atoms with Gasteiger partial charge in [0.2, 0.25) is 5.95 Å². The monoisotopic (exact) mass is 276 g/mol. The predicted octanol–water partition coefficient (Wildman–Crippen LogP) is 2.64. The number of piperidine rings is 1. The minimum atomic E-state index is -4.31. The van der Waals surface area contributed by atoms with E-state index in [1.54, 1.807) is 0 Å². The highest BCUT2D eigenvalue weighted by Gasteiger charge is 2.42. The van der Waals surface area contributed by atoms with E-state index in [4.69, 9.17) is 0 Å². The number of hydrogen-bond donors (Lipinski definition) is 0. The molecule has 0 aromatic carbocycles. The maximum Gasteiger partial charge on any atom is 0.393 e. The van der Waals surface area contributed by atoms with Crippen molar-refractivity contribution in [2.75, 3.05) is 13.1 Å². The molecule has 0 N–H and O–H groups in total. The summed E-state index contributed by atoms with van der Waals surface area (Å²) in [7, 11) is 0. The van der Waals surface area contributed by atoms with Crippen molar-refractivity contribution in [1.29, 1.82) is 0 Å². The number of nitrogens with zero attached hydrogens (tertiary/aromatic N) is 2. The largest absolute Gasteiger partial charge is 0.393 e. The topological polar surface area (TPSA) is 33.2 Å². The van der Waals surface area contributed by atoms with Gasteiger partial charge in [0.1, 0.15) is 5.69 Å². The van der Waals surface area contributed by atoms with E-state index in [0.717, 1.165) is 11.0 Å². The second-order valence-corrected chi connectivity index (χ2v) is 4.48. The van der Waals surface area contributed by atoms with Crippen LogP contribution in [-0.2, 0) is 0 Å². The lowest BCUT2D eigenvalue weighted by Crippen LogP contribution is -2.44. The van der Waals surface area contributed by atoms with E-state index in [9.17, 15) is 22.4 Å². The fraction of sp³-hybridized carbons (Fsp3) is 0.500. The molecule has 1 atom stereocenters. The normalized spacial score (nSPS) is 20.4. The molecule has 0 bridgehead atoms. The second-order valence-electron chi connectivity index (χ2n) is 4.48. The molecule has 1 saturated heterocycles. The number of likely N-dealkylation sites (tertiary alicyclic amines) is 1. The molecule has 0 unspecified atom stereocenters. The van der Waals surface area contributed by atoms with E-state index in [1.807, 2.05) is 0 Å². The zero-order chi connectivity index (χ0) is 14.0. The summed E-state index contributed by atoms with van der Waals surface area (Å²) >= 11 is 0. The molecule has 2 heterocycles. The molecule has 1 amide bonds. The molecule has 3 nitrogen and oxygen atoms in total. The molecular formula is C12H12F4N2O. The van der Waals surface area contributed by atoms with E-state index >= 15 is 0 Å². The number of amides is 1. The lowest BCUT2D eigenvalue weighted by molar-refractivity contribution is -0.184. The average Bonchev–Trinajstić information content (AvgIpc) is 2.37. The van der Waals surface area contributed by atoms with Gasteiger partial charge in [-0.3, -0.25) is 4.79 Å². The van der Waals surface area contributed by atoms with Gasteiger partial charge in [-0.1, -0.05) is 6.07 Å². The lowest BCUT2D eigenvalue weighted by atomic mass is 9.97. The van der Waals surface area contributed by atoms with E-state index < -0.39 is 23.9 Å². The standard InChI is InChI=1S/C12H12F4N2O/c13-10-5-1-4-9(17-10)11(19)18-6-2-3-8(7-18)12(14,15)16/h1,4-5,8H,2-3,6-7H2/t8-/m0/s1. The number of hydrogen-bond acceptors (Lipinski definition) is 2. The number of rotatable bonds is 1. The van der Waals surface area contributed by atoms with Crippen LogP contribution in [0.3, 0.4) is 0 Å². The first-order valence-corrected chi connectivity index (χ1v) is 5.86. The summed E-state index contributed by atoms with van der Waals surface area (Å²) in [6, 6.07) is 3.68. The summed E-state index contributed by atoms with van der Waals surface area (Å²) in [6.07, 6.45) is -4.01. The van der Waals surface area contributed by atoms with Gasteiger partial charge in [0, 0.05) is 13.1 Å². The third kappa shape index (κ3) is 3.21. The molecule has 0 spiro atoms. The Balaban J connectivity index is 2.11. The van der Waals surface area contributed by atoms with Crippen LogP contribution < -0.4 is 0 Å². The van der Waals surface area contributed by atoms with Gasteiger partial charge in [-0.15, -0.1) is 0 Å². The highest BCUT2D eigenvalue weighted by molar-refractivity contribution is 5.92. The van der Waals surface area contributed by atoms with Crippen molar-refractivity contribution in [2.24, 2.45) is 5.92 Å². The summed E-state index contributed by atoms with van der Waals surface area (Å²) < 4.78 is 50.8. The lowest BCUT2D eigenvalue weighted by Gasteiger charge is -2.33. The van der Waals surface area contributed by atoms with Crippen LogP contribution in [0.1, 0.15) is 23.3 Å². The molecule has 1 aromatic rings. The molecule has 0 saturated carbocycles. The van der Waals surface area contributed by atoms with Gasteiger partial charge in [0.25, 0.3) is 5.91 Å². The highest BCUT2D eigenvalue weighted by atomic mass is 19.4. The van der Waals surface area contributed by atoms with Crippen LogP contribution in [-0.4, -0.2) is 35.1 Å². The van der Waals surface area contributed by atoms with Crippen molar-refractivity contribution in [3.05, 3.63) is 29.8 Å². The van der Waals surface area contributed by atoms with Crippen LogP contribution in [0.2, 0.25) is 0 Å². The molecule has 19 heavy (non-hydrogen) atoms. The summed E-state index contributed by atoms with van der Waals surface area (Å²) in [6.45, 7) is -0.149. The van der Waals surface area contributed by atoms with Crippen LogP contribution in [0.4, 0.5) is 17.6 Å². The number of aromatic nitrogens is 1. The minimum absolute atomic E-state index is 0.0177. The Morgan fingerprint density at radius 2 is 2.11 bits per heavy atom. The highest BCUT2D eigenvalue weighted by Crippen LogP contribution is 2.33. The van der Waals surface area contributed by atoms with E-state index in [2.05, 4.69) is 4.98 Å². The molecule has 1 aliphatic heterocycles. The van der Waals surface area contributed by atoms with Crippen molar-refractivity contribution in [3.8, 4) is 0 Å². The van der Waals surface area contributed by atoms with E-state index in [-0.39, 0.29) is 31.6 Å². The third-order valence-electron chi connectivity index (χ3n) is 3.11. The molecule has 1 fully saturated rings. The van der Waals surface area contributed by atoms with E-state index in [0.29, 0.717) is 0 Å². The van der Waals surface area contributed by atoms with Gasteiger partial charge in [0.05, 0.1) is 5.92 Å². The first-order chi connectivity index (χ1) is 8.88. The van der Waals surface area contributed by atoms with Gasteiger partial charge in [-0.2, -0.15) is 17.6 Å². The Morgan fingerprint density at radius 1 is 1.37 bits per heavy atom. The van der Waals surface area contributed by atoms with Crippen molar-refractivity contribution in [3.63, 3.8) is 0 Å². The van der Waals surface area contributed by atoms with Crippen LogP contribution in [0.5, 0.6) is 0 Å². The van der Waals surface area contributed by atoms with Crippen LogP contribution in [0.15, 0.2) is 18.2 Å².